The van der Waals surface area contributed by atoms with E-state index in [1.165, 1.54) is 13.0 Å². The molecule has 0 amide bonds. The second-order valence-electron chi connectivity index (χ2n) is 5.45. The minimum absolute atomic E-state index is 0.511. The Balaban J connectivity index is 2.37. The Morgan fingerprint density at radius 2 is 2.00 bits per heavy atom. The van der Waals surface area contributed by atoms with E-state index in [-0.39, 0.29) is 0 Å². The summed E-state index contributed by atoms with van der Waals surface area (Å²) in [4.78, 5) is 2.38. The quantitative estimate of drug-likeness (QED) is 0.748. The van der Waals surface area contributed by atoms with Gasteiger partial charge in [0.15, 0.2) is 0 Å². The highest BCUT2D eigenvalue weighted by Crippen LogP contribution is 2.18. The van der Waals surface area contributed by atoms with E-state index in [0.717, 1.165) is 25.9 Å². The lowest BCUT2D eigenvalue weighted by Gasteiger charge is -2.37. The smallest absolute Gasteiger partial charge is 0.0766 e. The van der Waals surface area contributed by atoms with Crippen molar-refractivity contribution in [1.82, 2.24) is 10.2 Å². The van der Waals surface area contributed by atoms with Gasteiger partial charge in [0.1, 0.15) is 0 Å². The van der Waals surface area contributed by atoms with Crippen molar-refractivity contribution in [3.63, 3.8) is 0 Å². The van der Waals surface area contributed by atoms with Crippen molar-refractivity contribution in [2.75, 3.05) is 26.7 Å². The molecule has 3 heteroatoms. The van der Waals surface area contributed by atoms with Crippen molar-refractivity contribution >= 4 is 0 Å². The summed E-state index contributed by atoms with van der Waals surface area (Å²) in [6.07, 6.45) is 2.86. The Morgan fingerprint density at radius 3 is 2.50 bits per heavy atom. The van der Waals surface area contributed by atoms with Crippen molar-refractivity contribution in [1.29, 1.82) is 0 Å². The molecule has 2 unspecified atom stereocenters. The van der Waals surface area contributed by atoms with Crippen LogP contribution in [-0.4, -0.2) is 48.3 Å². The molecule has 0 aromatic carbocycles. The highest BCUT2D eigenvalue weighted by atomic mass is 16.3. The first-order chi connectivity index (χ1) is 7.50. The fourth-order valence-electron chi connectivity index (χ4n) is 2.48. The zero-order valence-electron chi connectivity index (χ0n) is 11.3. The molecule has 0 aromatic rings. The molecule has 96 valence electrons. The average Bonchev–Trinajstić information content (AvgIpc) is 2.27. The molecule has 1 saturated heterocycles. The number of nitrogens with one attached hydrogen (secondary N) is 1. The summed E-state index contributed by atoms with van der Waals surface area (Å²) in [6.45, 7) is 9.47. The lowest BCUT2D eigenvalue weighted by molar-refractivity contribution is 0.0245. The normalized spacial score (nSPS) is 28.3. The standard InChI is InChI=1S/C13H28N2O/c1-5-13(16,6-2)10-14-12-7-8-15(4)9-11(12)3/h11-12,14,16H,5-10H2,1-4H3. The van der Waals surface area contributed by atoms with Crippen LogP contribution >= 0.6 is 0 Å². The van der Waals surface area contributed by atoms with Crippen molar-refractivity contribution in [3.8, 4) is 0 Å². The van der Waals surface area contributed by atoms with Gasteiger partial charge in [-0.3, -0.25) is 0 Å². The molecule has 0 saturated carbocycles. The van der Waals surface area contributed by atoms with Gasteiger partial charge in [0.05, 0.1) is 5.60 Å². The first kappa shape index (κ1) is 13.9. The summed E-state index contributed by atoms with van der Waals surface area (Å²) < 4.78 is 0. The van der Waals surface area contributed by atoms with Gasteiger partial charge in [-0.25, -0.2) is 0 Å². The third-order valence-electron chi connectivity index (χ3n) is 4.12. The third kappa shape index (κ3) is 3.72. The lowest BCUT2D eigenvalue weighted by atomic mass is 9.92. The van der Waals surface area contributed by atoms with E-state index in [1.54, 1.807) is 0 Å². The molecule has 0 bridgehead atoms. The van der Waals surface area contributed by atoms with Crippen molar-refractivity contribution in [3.05, 3.63) is 0 Å². The van der Waals surface area contributed by atoms with E-state index in [9.17, 15) is 5.11 Å². The molecule has 3 nitrogen and oxygen atoms in total. The number of likely N-dealkylation sites (tertiary alicyclic amines) is 1. The monoisotopic (exact) mass is 228 g/mol. The molecule has 0 aromatic heterocycles. The Bertz CT molecular complexity index is 204. The SMILES string of the molecule is CCC(O)(CC)CNC1CCN(C)CC1C. The number of nitrogens with zero attached hydrogens (tertiary/aromatic N) is 1. The minimum atomic E-state index is -0.511. The Hall–Kier alpha value is -0.120. The topological polar surface area (TPSA) is 35.5 Å². The molecule has 1 rings (SSSR count). The van der Waals surface area contributed by atoms with Crippen molar-refractivity contribution in [2.45, 2.75) is 51.7 Å². The van der Waals surface area contributed by atoms with Crippen molar-refractivity contribution in [2.24, 2.45) is 5.92 Å². The van der Waals surface area contributed by atoms with Crippen LogP contribution < -0.4 is 5.32 Å². The van der Waals surface area contributed by atoms with Crippen LogP contribution in [0.15, 0.2) is 0 Å². The summed E-state index contributed by atoms with van der Waals surface area (Å²) in [7, 11) is 2.18. The summed E-state index contributed by atoms with van der Waals surface area (Å²) in [5.74, 6) is 0.678. The maximum Gasteiger partial charge on any atom is 0.0766 e. The zero-order valence-corrected chi connectivity index (χ0v) is 11.3. The van der Waals surface area contributed by atoms with E-state index in [0.29, 0.717) is 12.0 Å². The molecule has 1 fully saturated rings. The van der Waals surface area contributed by atoms with Gasteiger partial charge in [0.25, 0.3) is 0 Å². The Kier molecular flexibility index (Phi) is 5.22. The molecule has 1 aliphatic rings. The molecule has 2 atom stereocenters. The van der Waals surface area contributed by atoms with E-state index >= 15 is 0 Å². The van der Waals surface area contributed by atoms with Crippen LogP contribution in [0.3, 0.4) is 0 Å². The third-order valence-corrected chi connectivity index (χ3v) is 4.12. The second kappa shape index (κ2) is 5.99. The van der Waals surface area contributed by atoms with Crippen LogP contribution in [0.25, 0.3) is 0 Å². The van der Waals surface area contributed by atoms with Crippen LogP contribution in [0.5, 0.6) is 0 Å². The van der Waals surface area contributed by atoms with E-state index in [2.05, 4.69) is 38.0 Å². The second-order valence-corrected chi connectivity index (χ2v) is 5.45. The van der Waals surface area contributed by atoms with Crippen LogP contribution in [-0.2, 0) is 0 Å². The summed E-state index contributed by atoms with van der Waals surface area (Å²) in [5.41, 5.74) is -0.511. The summed E-state index contributed by atoms with van der Waals surface area (Å²) >= 11 is 0. The van der Waals surface area contributed by atoms with Crippen molar-refractivity contribution < 1.29 is 5.11 Å². The van der Waals surface area contributed by atoms with Gasteiger partial charge in [-0.1, -0.05) is 20.8 Å². The van der Waals surface area contributed by atoms with Gasteiger partial charge in [-0.2, -0.15) is 0 Å². The van der Waals surface area contributed by atoms with Crippen LogP contribution in [0.1, 0.15) is 40.0 Å². The summed E-state index contributed by atoms with van der Waals surface area (Å²) in [6, 6.07) is 0.570. The molecule has 16 heavy (non-hydrogen) atoms. The van der Waals surface area contributed by atoms with Crippen LogP contribution in [0.4, 0.5) is 0 Å². The van der Waals surface area contributed by atoms with E-state index in [4.69, 9.17) is 0 Å². The molecule has 0 spiro atoms. The largest absolute Gasteiger partial charge is 0.389 e. The van der Waals surface area contributed by atoms with Gasteiger partial charge in [-0.05, 0) is 38.8 Å². The fourth-order valence-corrected chi connectivity index (χ4v) is 2.48. The maximum atomic E-state index is 10.2. The first-order valence-electron chi connectivity index (χ1n) is 6.65. The number of hydrogen-bond acceptors (Lipinski definition) is 3. The molecule has 0 aliphatic carbocycles. The predicted octanol–water partition coefficient (Wildman–Crippen LogP) is 1.47. The minimum Gasteiger partial charge on any atom is -0.389 e. The number of rotatable bonds is 5. The highest BCUT2D eigenvalue weighted by Gasteiger charge is 2.27. The molecular weight excluding hydrogens is 200 g/mol. The van der Waals surface area contributed by atoms with Gasteiger partial charge in [-0.15, -0.1) is 0 Å². The van der Waals surface area contributed by atoms with E-state index < -0.39 is 5.60 Å². The van der Waals surface area contributed by atoms with Crippen LogP contribution in [0, 0.1) is 5.92 Å². The van der Waals surface area contributed by atoms with Gasteiger partial charge in [0.2, 0.25) is 0 Å². The van der Waals surface area contributed by atoms with Gasteiger partial charge < -0.3 is 15.3 Å². The Labute approximate surface area is 100 Å². The predicted molar refractivity (Wildman–Crippen MR) is 68.6 cm³/mol. The molecule has 1 heterocycles. The van der Waals surface area contributed by atoms with Crippen LogP contribution in [0.2, 0.25) is 0 Å². The maximum absolute atomic E-state index is 10.2. The fraction of sp³-hybridized carbons (Fsp3) is 1.00. The highest BCUT2D eigenvalue weighted by molar-refractivity contribution is 4.85. The average molecular weight is 228 g/mol. The number of piperidine rings is 1. The van der Waals surface area contributed by atoms with E-state index in [1.807, 2.05) is 0 Å². The molecule has 1 aliphatic heterocycles. The molecule has 0 radical (unpaired) electrons. The molecule has 2 N–H and O–H groups in total. The number of aliphatic hydroxyl groups is 1. The lowest BCUT2D eigenvalue weighted by Crippen LogP contribution is -2.51. The first-order valence-corrected chi connectivity index (χ1v) is 6.65. The summed E-state index contributed by atoms with van der Waals surface area (Å²) in [5, 5.41) is 13.8. The van der Waals surface area contributed by atoms with Gasteiger partial charge >= 0.3 is 0 Å². The number of hydrogen-bond donors (Lipinski definition) is 2. The zero-order chi connectivity index (χ0) is 12.2. The Morgan fingerprint density at radius 1 is 1.38 bits per heavy atom. The molecular formula is C13H28N2O. The van der Waals surface area contributed by atoms with Gasteiger partial charge in [0, 0.05) is 19.1 Å².